The summed E-state index contributed by atoms with van der Waals surface area (Å²) in [5.41, 5.74) is 0. The number of alkyl carbamates (subject to hydrolysis) is 1. The van der Waals surface area contributed by atoms with Gasteiger partial charge in [-0.05, 0) is 19.3 Å². The second-order valence-corrected chi connectivity index (χ2v) is 3.78. The van der Waals surface area contributed by atoms with Gasteiger partial charge in [0.2, 0.25) is 0 Å². The molecule has 96 valence electrons. The van der Waals surface area contributed by atoms with E-state index >= 15 is 0 Å². The fraction of sp³-hybridized carbons (Fsp3) is 0.636. The summed E-state index contributed by atoms with van der Waals surface area (Å²) in [5, 5.41) is 11.3. The summed E-state index contributed by atoms with van der Waals surface area (Å²) in [4.78, 5) is 21.8. The van der Waals surface area contributed by atoms with Gasteiger partial charge in [0.1, 0.15) is 6.61 Å². The average Bonchev–Trinajstić information content (AvgIpc) is 2.34. The molecule has 1 aliphatic heterocycles. The molecule has 0 radical (unpaired) electrons. The molecule has 1 rings (SSSR count). The molecule has 0 aromatic rings. The van der Waals surface area contributed by atoms with Crippen LogP contribution in [-0.4, -0.2) is 42.5 Å². The summed E-state index contributed by atoms with van der Waals surface area (Å²) in [6.45, 7) is 3.83. The maximum absolute atomic E-state index is 11.1. The molecule has 1 saturated heterocycles. The smallest absolute Gasteiger partial charge is 0.407 e. The van der Waals surface area contributed by atoms with Crippen molar-refractivity contribution in [2.45, 2.75) is 31.5 Å². The molecule has 0 unspecified atom stereocenters. The third-order valence-electron chi connectivity index (χ3n) is 2.43. The highest BCUT2D eigenvalue weighted by molar-refractivity contribution is 5.72. The number of hydrogen-bond donors (Lipinski definition) is 2. The molecule has 1 amide bonds. The predicted octanol–water partition coefficient (Wildman–Crippen LogP) is 0.921. The van der Waals surface area contributed by atoms with Crippen LogP contribution in [0.15, 0.2) is 12.7 Å². The summed E-state index contributed by atoms with van der Waals surface area (Å²) in [6, 6.07) is 0. The molecular formula is C11H17NO5. The van der Waals surface area contributed by atoms with Gasteiger partial charge in [-0.25, -0.2) is 9.59 Å². The first-order valence-corrected chi connectivity index (χ1v) is 5.53. The van der Waals surface area contributed by atoms with Gasteiger partial charge in [-0.3, -0.25) is 0 Å². The quantitative estimate of drug-likeness (QED) is 0.701. The second-order valence-electron chi connectivity index (χ2n) is 3.78. The maximum Gasteiger partial charge on any atom is 0.407 e. The van der Waals surface area contributed by atoms with E-state index in [4.69, 9.17) is 14.6 Å². The van der Waals surface area contributed by atoms with Crippen molar-refractivity contribution in [1.82, 2.24) is 5.32 Å². The van der Waals surface area contributed by atoms with E-state index in [1.807, 2.05) is 0 Å². The zero-order chi connectivity index (χ0) is 12.7. The number of aliphatic carboxylic acids is 1. The standard InChI is InChI=1S/C11H17NO5/c1-2-6-16-11(15)12-7-8-4-3-5-9(17-8)10(13)14/h2,8-9H,1,3-7H2,(H,12,15)(H,13,14)/t8-,9-/m0/s1. The minimum Gasteiger partial charge on any atom is -0.479 e. The first-order chi connectivity index (χ1) is 8.13. The highest BCUT2D eigenvalue weighted by Crippen LogP contribution is 2.18. The van der Waals surface area contributed by atoms with E-state index in [9.17, 15) is 9.59 Å². The van der Waals surface area contributed by atoms with Gasteiger partial charge in [0.25, 0.3) is 0 Å². The zero-order valence-electron chi connectivity index (χ0n) is 9.55. The van der Waals surface area contributed by atoms with Crippen LogP contribution in [0.25, 0.3) is 0 Å². The normalized spacial score (nSPS) is 23.8. The minimum atomic E-state index is -0.955. The number of rotatable bonds is 5. The molecule has 0 bridgehead atoms. The Hall–Kier alpha value is -1.56. The Balaban J connectivity index is 2.24. The number of carbonyl (C=O) groups excluding carboxylic acids is 1. The van der Waals surface area contributed by atoms with E-state index in [-0.39, 0.29) is 19.3 Å². The molecule has 1 heterocycles. The Morgan fingerprint density at radius 1 is 1.53 bits per heavy atom. The van der Waals surface area contributed by atoms with Gasteiger partial charge in [0.15, 0.2) is 6.10 Å². The Kier molecular flexibility index (Phi) is 5.48. The fourth-order valence-electron chi connectivity index (χ4n) is 1.61. The lowest BCUT2D eigenvalue weighted by molar-refractivity contribution is -0.158. The van der Waals surface area contributed by atoms with Gasteiger partial charge >= 0.3 is 12.1 Å². The van der Waals surface area contributed by atoms with E-state index in [1.54, 1.807) is 0 Å². The lowest BCUT2D eigenvalue weighted by atomic mass is 10.0. The molecule has 6 heteroatoms. The lowest BCUT2D eigenvalue weighted by Crippen LogP contribution is -2.40. The molecule has 0 aliphatic carbocycles. The van der Waals surface area contributed by atoms with Gasteiger partial charge in [-0.2, -0.15) is 0 Å². The van der Waals surface area contributed by atoms with Crippen LogP contribution in [-0.2, 0) is 14.3 Å². The number of hydrogen-bond acceptors (Lipinski definition) is 4. The minimum absolute atomic E-state index is 0.148. The Labute approximate surface area is 99.6 Å². The van der Waals surface area contributed by atoms with Crippen LogP contribution >= 0.6 is 0 Å². The largest absolute Gasteiger partial charge is 0.479 e. The van der Waals surface area contributed by atoms with Crippen molar-refractivity contribution in [3.05, 3.63) is 12.7 Å². The highest BCUT2D eigenvalue weighted by Gasteiger charge is 2.27. The summed E-state index contributed by atoms with van der Waals surface area (Å²) in [6.07, 6.45) is 1.94. The van der Waals surface area contributed by atoms with E-state index < -0.39 is 18.2 Å². The number of ether oxygens (including phenoxy) is 2. The topological polar surface area (TPSA) is 84.9 Å². The van der Waals surface area contributed by atoms with Gasteiger partial charge in [-0.1, -0.05) is 12.7 Å². The first kappa shape index (κ1) is 13.5. The van der Waals surface area contributed by atoms with Crippen LogP contribution < -0.4 is 5.32 Å². The molecule has 17 heavy (non-hydrogen) atoms. The average molecular weight is 243 g/mol. The van der Waals surface area contributed by atoms with Crippen molar-refractivity contribution in [3.8, 4) is 0 Å². The van der Waals surface area contributed by atoms with Crippen molar-refractivity contribution in [3.63, 3.8) is 0 Å². The molecular weight excluding hydrogens is 226 g/mol. The number of carboxylic acids is 1. The van der Waals surface area contributed by atoms with Crippen LogP contribution in [0.4, 0.5) is 4.79 Å². The third-order valence-corrected chi connectivity index (χ3v) is 2.43. The molecule has 2 atom stereocenters. The van der Waals surface area contributed by atoms with Gasteiger partial charge in [0, 0.05) is 6.54 Å². The molecule has 0 saturated carbocycles. The summed E-state index contributed by atoms with van der Waals surface area (Å²) >= 11 is 0. The van der Waals surface area contributed by atoms with Gasteiger partial charge in [0.05, 0.1) is 6.10 Å². The molecule has 2 N–H and O–H groups in total. The summed E-state index contributed by atoms with van der Waals surface area (Å²) < 4.78 is 10.0. The number of carboxylic acid groups (broad SMARTS) is 1. The summed E-state index contributed by atoms with van der Waals surface area (Å²) in [7, 11) is 0. The van der Waals surface area contributed by atoms with Gasteiger partial charge < -0.3 is 19.9 Å². The molecule has 6 nitrogen and oxygen atoms in total. The van der Waals surface area contributed by atoms with Crippen molar-refractivity contribution < 1.29 is 24.2 Å². The van der Waals surface area contributed by atoms with Crippen molar-refractivity contribution >= 4 is 12.1 Å². The molecule has 0 aromatic carbocycles. The SMILES string of the molecule is C=CCOC(=O)NC[C@@H]1CCC[C@@H](C(=O)O)O1. The van der Waals surface area contributed by atoms with Crippen LogP contribution in [0.1, 0.15) is 19.3 Å². The Morgan fingerprint density at radius 3 is 2.94 bits per heavy atom. The van der Waals surface area contributed by atoms with Gasteiger partial charge in [-0.15, -0.1) is 0 Å². The maximum atomic E-state index is 11.1. The van der Waals surface area contributed by atoms with Crippen LogP contribution in [0.2, 0.25) is 0 Å². The van der Waals surface area contributed by atoms with Crippen molar-refractivity contribution in [1.29, 1.82) is 0 Å². The highest BCUT2D eigenvalue weighted by atomic mass is 16.6. The molecule has 0 aromatic heterocycles. The van der Waals surface area contributed by atoms with Crippen molar-refractivity contribution in [2.75, 3.05) is 13.2 Å². The molecule has 1 fully saturated rings. The number of nitrogens with one attached hydrogen (secondary N) is 1. The van der Waals surface area contributed by atoms with Crippen LogP contribution in [0, 0.1) is 0 Å². The fourth-order valence-corrected chi connectivity index (χ4v) is 1.61. The monoisotopic (exact) mass is 243 g/mol. The molecule has 1 aliphatic rings. The first-order valence-electron chi connectivity index (χ1n) is 5.53. The lowest BCUT2D eigenvalue weighted by Gasteiger charge is -2.27. The predicted molar refractivity (Wildman–Crippen MR) is 59.7 cm³/mol. The summed E-state index contributed by atoms with van der Waals surface area (Å²) in [5.74, 6) is -0.955. The van der Waals surface area contributed by atoms with E-state index in [1.165, 1.54) is 6.08 Å². The number of amides is 1. The van der Waals surface area contributed by atoms with E-state index in [0.29, 0.717) is 6.42 Å². The Bertz CT molecular complexity index is 292. The van der Waals surface area contributed by atoms with Crippen molar-refractivity contribution in [2.24, 2.45) is 0 Å². The Morgan fingerprint density at radius 2 is 2.29 bits per heavy atom. The third kappa shape index (κ3) is 4.86. The number of carbonyl (C=O) groups is 2. The van der Waals surface area contributed by atoms with E-state index in [0.717, 1.165) is 12.8 Å². The second kappa shape index (κ2) is 6.90. The van der Waals surface area contributed by atoms with E-state index in [2.05, 4.69) is 11.9 Å². The molecule has 0 spiro atoms. The zero-order valence-corrected chi connectivity index (χ0v) is 9.55. The van der Waals surface area contributed by atoms with Crippen LogP contribution in [0.5, 0.6) is 0 Å². The van der Waals surface area contributed by atoms with Crippen LogP contribution in [0.3, 0.4) is 0 Å².